The highest BCUT2D eigenvalue weighted by Crippen LogP contribution is 2.15. The highest BCUT2D eigenvalue weighted by atomic mass is 79.9. The maximum absolute atomic E-state index is 2.34. The van der Waals surface area contributed by atoms with Gasteiger partial charge in [0.25, 0.3) is 0 Å². The highest BCUT2D eigenvalue weighted by molar-refractivity contribution is 5.79. The topological polar surface area (TPSA) is 8.81 Å². The Labute approximate surface area is 178 Å². The standard InChI is InChI=1S/C21H29N3.2BrH/c1-24(2,3)18-6-13-22-14-9-19(10-15-22)11-16-23-17-12-20-7-4-5-8-21(20)23;;/h4-5,7-10,12,14-15,17H,6,11,13,16,18H2,1-3H3;2*1H/q+2;;/p-2. The van der Waals surface area contributed by atoms with Crippen molar-refractivity contribution in [2.45, 2.75) is 25.9 Å². The van der Waals surface area contributed by atoms with Crippen LogP contribution in [0, 0.1) is 0 Å². The summed E-state index contributed by atoms with van der Waals surface area (Å²) in [7, 11) is 6.75. The van der Waals surface area contributed by atoms with Gasteiger partial charge in [0.1, 0.15) is 0 Å². The summed E-state index contributed by atoms with van der Waals surface area (Å²) in [6.07, 6.45) is 8.91. The first-order valence-electron chi connectivity index (χ1n) is 8.84. The molecule has 0 saturated carbocycles. The lowest BCUT2D eigenvalue weighted by Gasteiger charge is -2.22. The number of pyridine rings is 1. The van der Waals surface area contributed by atoms with E-state index in [4.69, 9.17) is 0 Å². The van der Waals surface area contributed by atoms with Crippen LogP contribution in [0.2, 0.25) is 0 Å². The van der Waals surface area contributed by atoms with Crippen LogP contribution in [0.4, 0.5) is 0 Å². The van der Waals surface area contributed by atoms with Crippen molar-refractivity contribution in [1.29, 1.82) is 0 Å². The van der Waals surface area contributed by atoms with Gasteiger partial charge in [0, 0.05) is 30.4 Å². The van der Waals surface area contributed by atoms with Crippen molar-refractivity contribution in [3.8, 4) is 0 Å². The molecule has 0 aliphatic carbocycles. The summed E-state index contributed by atoms with van der Waals surface area (Å²) in [6, 6.07) is 15.3. The maximum Gasteiger partial charge on any atom is 0.169 e. The SMILES string of the molecule is C[N+](C)(C)CCC[n+]1ccc(CCn2ccc3ccccc32)cc1.[Br-].[Br-]. The molecule has 26 heavy (non-hydrogen) atoms. The number of para-hydroxylation sites is 1. The Balaban J connectivity index is 0.00000169. The first-order chi connectivity index (χ1) is 11.5. The number of quaternary nitrogens is 1. The minimum absolute atomic E-state index is 0. The molecule has 142 valence electrons. The number of benzene rings is 1. The Morgan fingerprint density at radius 1 is 0.923 bits per heavy atom. The normalized spacial score (nSPS) is 11.0. The minimum atomic E-state index is 0. The molecule has 0 fully saturated rings. The van der Waals surface area contributed by atoms with Gasteiger partial charge < -0.3 is 43.0 Å². The van der Waals surface area contributed by atoms with Gasteiger partial charge in [0.05, 0.1) is 34.1 Å². The first kappa shape index (κ1) is 22.9. The smallest absolute Gasteiger partial charge is 0.169 e. The third-order valence-corrected chi connectivity index (χ3v) is 4.53. The molecule has 3 rings (SSSR count). The predicted molar refractivity (Wildman–Crippen MR) is 99.8 cm³/mol. The summed E-state index contributed by atoms with van der Waals surface area (Å²) in [5, 5.41) is 1.32. The molecule has 3 nitrogen and oxygen atoms in total. The van der Waals surface area contributed by atoms with Gasteiger partial charge in [-0.2, -0.15) is 0 Å². The van der Waals surface area contributed by atoms with Crippen LogP contribution in [-0.4, -0.2) is 36.7 Å². The van der Waals surface area contributed by atoms with Crippen molar-refractivity contribution in [3.05, 3.63) is 66.6 Å². The third kappa shape index (κ3) is 6.53. The van der Waals surface area contributed by atoms with E-state index in [-0.39, 0.29) is 34.0 Å². The number of rotatable bonds is 7. The van der Waals surface area contributed by atoms with Crippen LogP contribution in [0.1, 0.15) is 12.0 Å². The summed E-state index contributed by atoms with van der Waals surface area (Å²) in [5.74, 6) is 0. The van der Waals surface area contributed by atoms with Gasteiger partial charge >= 0.3 is 0 Å². The fourth-order valence-electron chi connectivity index (χ4n) is 3.12. The van der Waals surface area contributed by atoms with Crippen LogP contribution in [0.15, 0.2) is 61.1 Å². The van der Waals surface area contributed by atoms with E-state index in [1.54, 1.807) is 0 Å². The second-order valence-corrected chi connectivity index (χ2v) is 7.63. The lowest BCUT2D eigenvalue weighted by Crippen LogP contribution is -3.00. The van der Waals surface area contributed by atoms with Crippen molar-refractivity contribution in [1.82, 2.24) is 4.57 Å². The number of aryl methyl sites for hydroxylation is 3. The van der Waals surface area contributed by atoms with Crippen molar-refractivity contribution in [2.24, 2.45) is 0 Å². The Morgan fingerprint density at radius 2 is 1.62 bits per heavy atom. The molecule has 1 aromatic carbocycles. The zero-order chi connectivity index (χ0) is 17.0. The number of halogens is 2. The maximum atomic E-state index is 2.34. The number of hydrogen-bond acceptors (Lipinski definition) is 0. The van der Waals surface area contributed by atoms with Crippen LogP contribution in [0.5, 0.6) is 0 Å². The lowest BCUT2D eigenvalue weighted by molar-refractivity contribution is -0.873. The number of nitrogens with zero attached hydrogens (tertiary/aromatic N) is 3. The van der Waals surface area contributed by atoms with Crippen LogP contribution in [0.25, 0.3) is 10.9 Å². The van der Waals surface area contributed by atoms with E-state index in [0.717, 1.165) is 24.0 Å². The molecule has 0 bridgehead atoms. The molecule has 0 unspecified atom stereocenters. The molecule has 3 aromatic rings. The summed E-state index contributed by atoms with van der Waals surface area (Å²) in [4.78, 5) is 0. The van der Waals surface area contributed by atoms with E-state index in [2.05, 4.69) is 91.3 Å². The predicted octanol–water partition coefficient (Wildman–Crippen LogP) is -2.72. The van der Waals surface area contributed by atoms with E-state index in [1.807, 2.05) is 0 Å². The van der Waals surface area contributed by atoms with E-state index in [1.165, 1.54) is 29.4 Å². The molecule has 0 aliphatic rings. The van der Waals surface area contributed by atoms with Gasteiger partial charge in [-0.1, -0.05) is 18.2 Å². The molecule has 5 heteroatoms. The molecule has 0 spiro atoms. The second kappa shape index (κ2) is 10.2. The van der Waals surface area contributed by atoms with Crippen molar-refractivity contribution in [2.75, 3.05) is 27.7 Å². The van der Waals surface area contributed by atoms with Crippen molar-refractivity contribution in [3.63, 3.8) is 0 Å². The third-order valence-electron chi connectivity index (χ3n) is 4.53. The summed E-state index contributed by atoms with van der Waals surface area (Å²) in [6.45, 7) is 3.33. The Morgan fingerprint density at radius 3 is 2.31 bits per heavy atom. The first-order valence-corrected chi connectivity index (χ1v) is 8.84. The van der Waals surface area contributed by atoms with Crippen LogP contribution < -0.4 is 38.5 Å². The van der Waals surface area contributed by atoms with Gasteiger partial charge in [0.2, 0.25) is 0 Å². The van der Waals surface area contributed by atoms with E-state index in [9.17, 15) is 0 Å². The molecule has 0 radical (unpaired) electrons. The number of hydrogen-bond donors (Lipinski definition) is 0. The fraction of sp³-hybridized carbons (Fsp3) is 0.381. The van der Waals surface area contributed by atoms with Crippen LogP contribution >= 0.6 is 0 Å². The van der Waals surface area contributed by atoms with E-state index >= 15 is 0 Å². The van der Waals surface area contributed by atoms with Gasteiger partial charge in [-0.15, -0.1) is 0 Å². The molecule has 2 heterocycles. The lowest BCUT2D eigenvalue weighted by atomic mass is 10.2. The van der Waals surface area contributed by atoms with Gasteiger partial charge in [-0.3, -0.25) is 0 Å². The quantitative estimate of drug-likeness (QED) is 0.255. The molecular weight excluding hydrogens is 454 g/mol. The van der Waals surface area contributed by atoms with E-state index in [0.29, 0.717) is 0 Å². The Hall–Kier alpha value is -1.17. The Bertz CT molecular complexity index is 789. The molecule has 0 N–H and O–H groups in total. The zero-order valence-corrected chi connectivity index (χ0v) is 19.1. The number of aromatic nitrogens is 2. The molecular formula is C21H29Br2N3. The number of fused-ring (bicyclic) bond motifs is 1. The summed E-state index contributed by atoms with van der Waals surface area (Å²) < 4.78 is 5.67. The molecule has 0 atom stereocenters. The summed E-state index contributed by atoms with van der Waals surface area (Å²) in [5.41, 5.74) is 2.72. The largest absolute Gasteiger partial charge is 1.00 e. The van der Waals surface area contributed by atoms with Crippen molar-refractivity contribution >= 4 is 10.9 Å². The molecule has 2 aromatic heterocycles. The Kier molecular flexibility index (Phi) is 9.01. The van der Waals surface area contributed by atoms with Gasteiger partial charge in [0.15, 0.2) is 18.9 Å². The average molecular weight is 483 g/mol. The summed E-state index contributed by atoms with van der Waals surface area (Å²) >= 11 is 0. The van der Waals surface area contributed by atoms with Crippen LogP contribution in [-0.2, 0) is 19.5 Å². The molecule has 0 saturated heterocycles. The average Bonchev–Trinajstić information content (AvgIpc) is 2.96. The van der Waals surface area contributed by atoms with Gasteiger partial charge in [-0.25, -0.2) is 4.57 Å². The van der Waals surface area contributed by atoms with Crippen LogP contribution in [0.3, 0.4) is 0 Å². The monoisotopic (exact) mass is 481 g/mol. The van der Waals surface area contributed by atoms with Gasteiger partial charge in [-0.05, 0) is 29.5 Å². The van der Waals surface area contributed by atoms with Crippen molar-refractivity contribution < 1.29 is 43.0 Å². The van der Waals surface area contributed by atoms with E-state index < -0.39 is 0 Å². The zero-order valence-electron chi connectivity index (χ0n) is 15.9. The highest BCUT2D eigenvalue weighted by Gasteiger charge is 2.09. The molecule has 0 amide bonds. The molecule has 0 aliphatic heterocycles. The minimum Gasteiger partial charge on any atom is -1.00 e. The fourth-order valence-corrected chi connectivity index (χ4v) is 3.12. The second-order valence-electron chi connectivity index (χ2n) is 7.63.